The fraction of sp³-hybridized carbons (Fsp3) is 0. The Hall–Kier alpha value is 2.56. The predicted octanol–water partition coefficient (Wildman–Crippen LogP) is 0.500. The Kier molecular flexibility index (Phi) is 70.6. The van der Waals surface area contributed by atoms with Gasteiger partial charge in [0, 0.05) is 40.5 Å². The molecule has 0 aromatic rings. The van der Waals surface area contributed by atoms with Crippen LogP contribution in [0, 0.1) is 0 Å². The molecule has 0 atom stereocenters. The maximum absolute atomic E-state index is 2.60. The van der Waals surface area contributed by atoms with Crippen LogP contribution in [0.5, 0.6) is 0 Å². The van der Waals surface area contributed by atoms with Crippen LogP contribution in [0.3, 0.4) is 0 Å². The molecule has 0 aliphatic rings. The van der Waals surface area contributed by atoms with E-state index in [2.05, 4.69) is 12.8 Å². The number of hydrogen-bond acceptors (Lipinski definition) is 0. The maximum Gasteiger partial charge on any atom is 0 e. The minimum absolute atomic E-state index is 0. The summed E-state index contributed by atoms with van der Waals surface area (Å²) in [6.45, 7) is 0. The minimum Gasteiger partial charge on any atom is 0 e. The maximum atomic E-state index is 2.60. The summed E-state index contributed by atoms with van der Waals surface area (Å²) in [5, 5.41) is 0. The van der Waals surface area contributed by atoms with Crippen LogP contribution in [-0.2, 0) is 40.5 Å². The van der Waals surface area contributed by atoms with Crippen molar-refractivity contribution in [2.24, 2.45) is 0 Å². The van der Waals surface area contributed by atoms with E-state index >= 15 is 0 Å². The molecular formula is IMoSeZn. The van der Waals surface area contributed by atoms with Crippen LogP contribution < -0.4 is 0 Å². The molecule has 0 fully saturated rings. The van der Waals surface area contributed by atoms with Gasteiger partial charge in [-0.1, -0.05) is 0 Å². The zero-order valence-electron chi connectivity index (χ0n) is 1.90. The van der Waals surface area contributed by atoms with E-state index in [0.29, 0.717) is 0 Å². The van der Waals surface area contributed by atoms with Crippen LogP contribution in [0.15, 0.2) is 0 Å². The molecule has 1 radical (unpaired) electrons. The smallest absolute Gasteiger partial charge is 0 e. The first-order valence-electron chi connectivity index (χ1n) is 0.154. The summed E-state index contributed by atoms with van der Waals surface area (Å²) in [4.78, 5) is 0. The average Bonchev–Trinajstić information content (AvgIpc) is 1.00. The largest absolute Gasteiger partial charge is 0 e. The third-order valence-corrected chi connectivity index (χ3v) is 0. The van der Waals surface area contributed by atoms with E-state index in [9.17, 15) is 0 Å². The van der Waals surface area contributed by atoms with Gasteiger partial charge in [0.2, 0.25) is 0 Å². The molecule has 0 saturated carbocycles. The molecule has 4 heavy (non-hydrogen) atoms. The zero-order valence-corrected chi connectivity index (χ0v) is 10.7. The van der Waals surface area contributed by atoms with E-state index in [1.54, 1.807) is 0 Å². The van der Waals surface area contributed by atoms with Crippen LogP contribution in [0.25, 0.3) is 0 Å². The van der Waals surface area contributed by atoms with Crippen molar-refractivity contribution in [2.45, 2.75) is 0 Å². The van der Waals surface area contributed by atoms with Gasteiger partial charge in [0.25, 0.3) is 0 Å². The van der Waals surface area contributed by atoms with E-state index in [0.717, 1.165) is 0 Å². The second kappa shape index (κ2) is 17.6. The molecule has 0 aromatic carbocycles. The van der Waals surface area contributed by atoms with Crippen molar-refractivity contribution in [3.05, 3.63) is 0 Å². The van der Waals surface area contributed by atoms with E-state index in [4.69, 9.17) is 0 Å². The summed E-state index contributed by atoms with van der Waals surface area (Å²) in [6, 6.07) is 0. The summed E-state index contributed by atoms with van der Waals surface area (Å²) >= 11 is 4.62. The van der Waals surface area contributed by atoms with Crippen LogP contribution >= 0.6 is 20.3 Å². The van der Waals surface area contributed by atoms with Gasteiger partial charge >= 0.3 is 33.1 Å². The first kappa shape index (κ1) is 16.0. The minimum atomic E-state index is 0. The third-order valence-electron chi connectivity index (χ3n) is 0. The van der Waals surface area contributed by atoms with Gasteiger partial charge in [-0.25, -0.2) is 0 Å². The van der Waals surface area contributed by atoms with Crippen molar-refractivity contribution in [1.82, 2.24) is 0 Å². The predicted molar refractivity (Wildman–Crippen MR) is 19.8 cm³/mol. The van der Waals surface area contributed by atoms with Crippen molar-refractivity contribution in [2.75, 3.05) is 0 Å². The van der Waals surface area contributed by atoms with Gasteiger partial charge in [0.1, 0.15) is 0 Å². The standard InChI is InChI=1S/ISe.Mo.Zn/c1-2;;. The van der Waals surface area contributed by atoms with Gasteiger partial charge in [-0.05, 0) is 0 Å². The SMILES string of the molecule is [Mo].[Se]I.[Zn]. The van der Waals surface area contributed by atoms with E-state index in [1.807, 2.05) is 20.3 Å². The Morgan fingerprint density at radius 1 is 1.25 bits per heavy atom. The summed E-state index contributed by atoms with van der Waals surface area (Å²) in [5.41, 5.74) is 0. The Labute approximate surface area is 72.4 Å². The Morgan fingerprint density at radius 2 is 1.25 bits per heavy atom. The van der Waals surface area contributed by atoms with Crippen LogP contribution in [0.1, 0.15) is 0 Å². The molecular weight excluding hydrogens is 367 g/mol. The van der Waals surface area contributed by atoms with E-state index < -0.39 is 0 Å². The second-order valence-corrected chi connectivity index (χ2v) is 0. The monoisotopic (exact) mass is 369 g/mol. The van der Waals surface area contributed by atoms with Gasteiger partial charge in [-0.15, -0.1) is 0 Å². The fourth-order valence-electron chi connectivity index (χ4n) is 0. The van der Waals surface area contributed by atoms with Crippen LogP contribution in [-0.4, -0.2) is 12.8 Å². The van der Waals surface area contributed by atoms with Gasteiger partial charge in [0.15, 0.2) is 0 Å². The van der Waals surface area contributed by atoms with Crippen LogP contribution in [0.2, 0.25) is 0 Å². The number of halogens is 1. The first-order valence-corrected chi connectivity index (χ1v) is 5.38. The normalized spacial score (nSPS) is 1.50. The van der Waals surface area contributed by atoms with Crippen molar-refractivity contribution in [1.29, 1.82) is 0 Å². The molecule has 21 valence electrons. The molecule has 0 bridgehead atoms. The molecule has 0 unspecified atom stereocenters. The molecule has 0 aromatic heterocycles. The van der Waals surface area contributed by atoms with Gasteiger partial charge < -0.3 is 0 Å². The molecule has 0 spiro atoms. The molecule has 0 amide bonds. The zero-order chi connectivity index (χ0) is 2.00. The van der Waals surface area contributed by atoms with E-state index in [1.165, 1.54) is 0 Å². The first-order chi connectivity index (χ1) is 1.00. The third kappa shape index (κ3) is 8.82. The van der Waals surface area contributed by atoms with Crippen molar-refractivity contribution in [3.8, 4) is 0 Å². The molecule has 0 N–H and O–H groups in total. The van der Waals surface area contributed by atoms with Crippen molar-refractivity contribution in [3.63, 3.8) is 0 Å². The van der Waals surface area contributed by atoms with Crippen LogP contribution in [0.4, 0.5) is 0 Å². The average molecular weight is 367 g/mol. The van der Waals surface area contributed by atoms with Crippen molar-refractivity contribution >= 4 is 33.1 Å². The fourth-order valence-corrected chi connectivity index (χ4v) is 0. The number of rotatable bonds is 0. The Bertz CT molecular complexity index is 8.00. The molecule has 0 saturated heterocycles. The van der Waals surface area contributed by atoms with Gasteiger partial charge in [0.05, 0.1) is 0 Å². The van der Waals surface area contributed by atoms with Gasteiger partial charge in [-0.3, -0.25) is 0 Å². The molecule has 0 aliphatic heterocycles. The summed E-state index contributed by atoms with van der Waals surface area (Å²) in [6.07, 6.45) is 0. The Balaban J connectivity index is -0.00000000500. The summed E-state index contributed by atoms with van der Waals surface area (Å²) in [5.74, 6) is 0. The van der Waals surface area contributed by atoms with Gasteiger partial charge in [-0.2, -0.15) is 0 Å². The van der Waals surface area contributed by atoms with Crippen molar-refractivity contribution < 1.29 is 40.5 Å². The second-order valence-electron chi connectivity index (χ2n) is 0. The number of hydrogen-bond donors (Lipinski definition) is 0. The summed E-state index contributed by atoms with van der Waals surface area (Å²) < 4.78 is 0. The molecule has 4 heteroatoms. The molecule has 0 aliphatic carbocycles. The molecule has 0 nitrogen and oxygen atoms in total. The molecule has 0 rings (SSSR count). The molecule has 0 heterocycles. The topological polar surface area (TPSA) is 0 Å². The Morgan fingerprint density at radius 3 is 1.25 bits per heavy atom. The quantitative estimate of drug-likeness (QED) is 0.432. The van der Waals surface area contributed by atoms with E-state index in [-0.39, 0.29) is 40.5 Å². The summed E-state index contributed by atoms with van der Waals surface area (Å²) in [7, 11) is 0.